The van der Waals surface area contributed by atoms with Crippen molar-refractivity contribution in [1.82, 2.24) is 0 Å². The highest BCUT2D eigenvalue weighted by Crippen LogP contribution is 2.24. The van der Waals surface area contributed by atoms with Crippen LogP contribution in [0.25, 0.3) is 0 Å². The Bertz CT molecular complexity index is 326. The lowest BCUT2D eigenvalue weighted by Crippen LogP contribution is -2.17. The molecule has 1 aromatic carbocycles. The molecule has 1 aliphatic heterocycles. The first-order chi connectivity index (χ1) is 6.75. The van der Waals surface area contributed by atoms with Crippen molar-refractivity contribution in [2.45, 2.75) is 12.5 Å². The van der Waals surface area contributed by atoms with E-state index < -0.39 is 0 Å². The summed E-state index contributed by atoms with van der Waals surface area (Å²) in [4.78, 5) is 0. The van der Waals surface area contributed by atoms with Crippen LogP contribution in [0, 0.1) is 5.82 Å². The van der Waals surface area contributed by atoms with Crippen LogP contribution in [0.1, 0.15) is 6.42 Å². The van der Waals surface area contributed by atoms with Crippen molar-refractivity contribution in [1.29, 1.82) is 0 Å². The second-order valence-corrected chi connectivity index (χ2v) is 5.34. The Kier molecular flexibility index (Phi) is 3.34. The minimum Gasteiger partial charge on any atom is -0.381 e. The van der Waals surface area contributed by atoms with Crippen molar-refractivity contribution < 1.29 is 4.39 Å². The minimum atomic E-state index is -0.208. The standard InChI is InChI=1S/C10H11BrFNS/c11-9-2-1-7(5-10(9)12)13-8-3-4-14-6-8/h1-2,5,8,13H,3-4,6H2. The van der Waals surface area contributed by atoms with Crippen LogP contribution in [0.2, 0.25) is 0 Å². The van der Waals surface area contributed by atoms with Gasteiger partial charge >= 0.3 is 0 Å². The average Bonchev–Trinajstić information content (AvgIpc) is 2.64. The number of thioether (sulfide) groups is 1. The Hall–Kier alpha value is -0.220. The first-order valence-electron chi connectivity index (χ1n) is 4.55. The van der Waals surface area contributed by atoms with Gasteiger partial charge in [-0.2, -0.15) is 11.8 Å². The van der Waals surface area contributed by atoms with Gasteiger partial charge in [-0.15, -0.1) is 0 Å². The van der Waals surface area contributed by atoms with E-state index in [4.69, 9.17) is 0 Å². The number of benzene rings is 1. The summed E-state index contributed by atoms with van der Waals surface area (Å²) in [5, 5.41) is 3.33. The maximum absolute atomic E-state index is 13.2. The predicted molar refractivity (Wildman–Crippen MR) is 63.5 cm³/mol. The molecular weight excluding hydrogens is 265 g/mol. The van der Waals surface area contributed by atoms with E-state index in [2.05, 4.69) is 21.2 Å². The van der Waals surface area contributed by atoms with Crippen molar-refractivity contribution in [3.63, 3.8) is 0 Å². The summed E-state index contributed by atoms with van der Waals surface area (Å²) in [6.45, 7) is 0. The van der Waals surface area contributed by atoms with E-state index in [-0.39, 0.29) is 5.82 Å². The van der Waals surface area contributed by atoms with Crippen molar-refractivity contribution in [2.75, 3.05) is 16.8 Å². The van der Waals surface area contributed by atoms with Crippen LogP contribution in [0.5, 0.6) is 0 Å². The van der Waals surface area contributed by atoms with Crippen LogP contribution in [0.4, 0.5) is 10.1 Å². The lowest BCUT2D eigenvalue weighted by molar-refractivity contribution is 0.621. The number of halogens is 2. The lowest BCUT2D eigenvalue weighted by atomic mass is 10.2. The number of rotatable bonds is 2. The maximum Gasteiger partial charge on any atom is 0.139 e. The first-order valence-corrected chi connectivity index (χ1v) is 6.50. The van der Waals surface area contributed by atoms with Gasteiger partial charge in [0.15, 0.2) is 0 Å². The smallest absolute Gasteiger partial charge is 0.139 e. The topological polar surface area (TPSA) is 12.0 Å². The van der Waals surface area contributed by atoms with Gasteiger partial charge in [0.2, 0.25) is 0 Å². The van der Waals surface area contributed by atoms with Crippen LogP contribution in [-0.4, -0.2) is 17.5 Å². The monoisotopic (exact) mass is 275 g/mol. The summed E-state index contributed by atoms with van der Waals surface area (Å²) in [6.07, 6.45) is 1.17. The van der Waals surface area contributed by atoms with Gasteiger partial charge in [-0.3, -0.25) is 0 Å². The second kappa shape index (κ2) is 4.53. The molecule has 1 heterocycles. The molecule has 1 atom stereocenters. The lowest BCUT2D eigenvalue weighted by Gasteiger charge is -2.12. The van der Waals surface area contributed by atoms with Crippen LogP contribution in [0.3, 0.4) is 0 Å². The molecule has 1 aromatic rings. The van der Waals surface area contributed by atoms with Gasteiger partial charge < -0.3 is 5.32 Å². The first kappa shape index (κ1) is 10.3. The molecule has 1 fully saturated rings. The Labute approximate surface area is 95.6 Å². The second-order valence-electron chi connectivity index (χ2n) is 3.33. The number of anilines is 1. The van der Waals surface area contributed by atoms with Gasteiger partial charge in [-0.05, 0) is 46.3 Å². The normalized spacial score (nSPS) is 21.1. The zero-order valence-electron chi connectivity index (χ0n) is 7.59. The molecule has 0 spiro atoms. The summed E-state index contributed by atoms with van der Waals surface area (Å²) >= 11 is 5.08. The summed E-state index contributed by atoms with van der Waals surface area (Å²) in [5.41, 5.74) is 0.873. The number of hydrogen-bond donors (Lipinski definition) is 1. The molecule has 0 radical (unpaired) electrons. The van der Waals surface area contributed by atoms with Crippen molar-refractivity contribution in [3.8, 4) is 0 Å². The third-order valence-electron chi connectivity index (χ3n) is 2.22. The van der Waals surface area contributed by atoms with Crippen LogP contribution >= 0.6 is 27.7 Å². The highest BCUT2D eigenvalue weighted by atomic mass is 79.9. The number of hydrogen-bond acceptors (Lipinski definition) is 2. The fourth-order valence-corrected chi connectivity index (χ4v) is 2.87. The van der Waals surface area contributed by atoms with Crippen molar-refractivity contribution in [2.24, 2.45) is 0 Å². The molecule has 1 N–H and O–H groups in total. The SMILES string of the molecule is Fc1cc(NC2CCSC2)ccc1Br. The fourth-order valence-electron chi connectivity index (χ4n) is 1.47. The molecular formula is C10H11BrFNS. The molecule has 14 heavy (non-hydrogen) atoms. The molecule has 1 aliphatic rings. The van der Waals surface area contributed by atoms with Crippen molar-refractivity contribution in [3.05, 3.63) is 28.5 Å². The third-order valence-corrected chi connectivity index (χ3v) is 4.03. The molecule has 0 aromatic heterocycles. The molecule has 0 saturated carbocycles. The van der Waals surface area contributed by atoms with E-state index in [1.54, 1.807) is 6.07 Å². The number of nitrogens with one attached hydrogen (secondary N) is 1. The Morgan fingerprint density at radius 3 is 3.00 bits per heavy atom. The largest absolute Gasteiger partial charge is 0.381 e. The minimum absolute atomic E-state index is 0.208. The predicted octanol–water partition coefficient (Wildman–Crippen LogP) is 3.51. The molecule has 1 nitrogen and oxygen atoms in total. The van der Waals surface area contributed by atoms with E-state index in [0.29, 0.717) is 10.5 Å². The van der Waals surface area contributed by atoms with Gasteiger partial charge in [0.1, 0.15) is 5.82 Å². The average molecular weight is 276 g/mol. The van der Waals surface area contributed by atoms with Crippen molar-refractivity contribution >= 4 is 33.4 Å². The molecule has 1 saturated heterocycles. The molecule has 0 bridgehead atoms. The van der Waals surface area contributed by atoms with Crippen LogP contribution < -0.4 is 5.32 Å². The van der Waals surface area contributed by atoms with Gasteiger partial charge in [0.05, 0.1) is 4.47 Å². The van der Waals surface area contributed by atoms with Crippen LogP contribution in [0.15, 0.2) is 22.7 Å². The summed E-state index contributed by atoms with van der Waals surface area (Å²) in [6, 6.07) is 5.67. The van der Waals surface area contributed by atoms with Crippen LogP contribution in [-0.2, 0) is 0 Å². The van der Waals surface area contributed by atoms with Gasteiger partial charge in [0, 0.05) is 17.5 Å². The highest BCUT2D eigenvalue weighted by molar-refractivity contribution is 9.10. The molecule has 2 rings (SSSR count). The van der Waals surface area contributed by atoms with Gasteiger partial charge in [-0.25, -0.2) is 4.39 Å². The summed E-state index contributed by atoms with van der Waals surface area (Å²) in [7, 11) is 0. The summed E-state index contributed by atoms with van der Waals surface area (Å²) in [5.74, 6) is 2.12. The highest BCUT2D eigenvalue weighted by Gasteiger charge is 2.15. The molecule has 1 unspecified atom stereocenters. The Morgan fingerprint density at radius 2 is 2.36 bits per heavy atom. The Morgan fingerprint density at radius 1 is 1.50 bits per heavy atom. The third kappa shape index (κ3) is 2.42. The zero-order valence-corrected chi connectivity index (χ0v) is 10.00. The molecule has 0 aliphatic carbocycles. The van der Waals surface area contributed by atoms with E-state index in [1.165, 1.54) is 18.2 Å². The quantitative estimate of drug-likeness (QED) is 0.887. The molecule has 4 heteroatoms. The van der Waals surface area contributed by atoms with Gasteiger partial charge in [-0.1, -0.05) is 0 Å². The molecule has 0 amide bonds. The summed E-state index contributed by atoms with van der Waals surface area (Å²) < 4.78 is 13.7. The van der Waals surface area contributed by atoms with E-state index >= 15 is 0 Å². The van der Waals surface area contributed by atoms with E-state index in [0.717, 1.165) is 11.4 Å². The fraction of sp³-hybridized carbons (Fsp3) is 0.400. The maximum atomic E-state index is 13.2. The van der Waals surface area contributed by atoms with E-state index in [1.807, 2.05) is 17.8 Å². The zero-order chi connectivity index (χ0) is 9.97. The Balaban J connectivity index is 2.05. The van der Waals surface area contributed by atoms with E-state index in [9.17, 15) is 4.39 Å². The van der Waals surface area contributed by atoms with Gasteiger partial charge in [0.25, 0.3) is 0 Å². The molecule has 76 valence electrons.